The number of pyridine rings is 1. The molecular weight excluding hydrogens is 293 g/mol. The first-order valence-electron chi connectivity index (χ1n) is 6.01. The van der Waals surface area contributed by atoms with Gasteiger partial charge in [-0.2, -0.15) is 0 Å². The van der Waals surface area contributed by atoms with Crippen molar-refractivity contribution in [2.75, 3.05) is 11.9 Å². The van der Waals surface area contributed by atoms with Crippen molar-refractivity contribution in [3.05, 3.63) is 58.6 Å². The molecule has 2 aromatic rings. The summed E-state index contributed by atoms with van der Waals surface area (Å²) in [6.45, 7) is 0.254. The minimum absolute atomic E-state index is 0.00560. The molecule has 1 aromatic heterocycles. The predicted molar refractivity (Wildman–Crippen MR) is 79.5 cm³/mol. The minimum atomic E-state index is -0.602. The third kappa shape index (κ3) is 4.02. The maximum atomic E-state index is 13.3. The summed E-state index contributed by atoms with van der Waals surface area (Å²) in [5.74, 6) is 4.44. The normalized spacial score (nSPS) is 9.67. The van der Waals surface area contributed by atoms with E-state index in [0.29, 0.717) is 11.3 Å². The Morgan fingerprint density at radius 3 is 2.81 bits per heavy atom. The second kappa shape index (κ2) is 6.84. The SMILES string of the molecule is NCC#Cc1ccc(C(=O)Nc2ccc(Cl)c(F)c2)nc1. The Hall–Kier alpha value is -2.42. The standard InChI is InChI=1S/C15H11ClFN3O/c16-12-5-4-11(8-13(12)17)20-15(21)14-6-3-10(9-19-14)2-1-7-18/h3-6,8-9H,7,18H2,(H,20,21). The van der Waals surface area contributed by atoms with Gasteiger partial charge < -0.3 is 11.1 Å². The molecule has 0 unspecified atom stereocenters. The molecule has 1 aromatic carbocycles. The van der Waals surface area contributed by atoms with Gasteiger partial charge in [0.15, 0.2) is 0 Å². The first-order chi connectivity index (χ1) is 10.1. The van der Waals surface area contributed by atoms with Crippen LogP contribution in [-0.4, -0.2) is 17.4 Å². The summed E-state index contributed by atoms with van der Waals surface area (Å²) < 4.78 is 13.3. The number of anilines is 1. The Bertz CT molecular complexity index is 720. The number of hydrogen-bond donors (Lipinski definition) is 2. The van der Waals surface area contributed by atoms with Crippen molar-refractivity contribution < 1.29 is 9.18 Å². The number of hydrogen-bond acceptors (Lipinski definition) is 3. The van der Waals surface area contributed by atoms with Gasteiger partial charge in [0.1, 0.15) is 11.5 Å². The van der Waals surface area contributed by atoms with E-state index in [1.807, 2.05) is 0 Å². The van der Waals surface area contributed by atoms with Gasteiger partial charge in [-0.1, -0.05) is 23.4 Å². The second-order valence-electron chi connectivity index (χ2n) is 4.02. The van der Waals surface area contributed by atoms with E-state index in [2.05, 4.69) is 22.1 Å². The van der Waals surface area contributed by atoms with E-state index < -0.39 is 11.7 Å². The summed E-state index contributed by atoms with van der Waals surface area (Å²) in [5, 5.41) is 2.53. The number of halogens is 2. The summed E-state index contributed by atoms with van der Waals surface area (Å²) in [5.41, 5.74) is 6.43. The summed E-state index contributed by atoms with van der Waals surface area (Å²) >= 11 is 5.57. The molecule has 106 valence electrons. The molecule has 3 N–H and O–H groups in total. The smallest absolute Gasteiger partial charge is 0.274 e. The molecule has 0 spiro atoms. The lowest BCUT2D eigenvalue weighted by atomic mass is 10.2. The van der Waals surface area contributed by atoms with Crippen molar-refractivity contribution >= 4 is 23.2 Å². The Kier molecular flexibility index (Phi) is 4.88. The van der Waals surface area contributed by atoms with Crippen LogP contribution < -0.4 is 11.1 Å². The Labute approximate surface area is 126 Å². The fourth-order valence-electron chi connectivity index (χ4n) is 1.52. The van der Waals surface area contributed by atoms with Crippen LogP contribution >= 0.6 is 11.6 Å². The molecule has 0 atom stereocenters. The predicted octanol–water partition coefficient (Wildman–Crippen LogP) is 2.44. The lowest BCUT2D eigenvalue weighted by Gasteiger charge is -2.05. The lowest BCUT2D eigenvalue weighted by Crippen LogP contribution is -2.13. The quantitative estimate of drug-likeness (QED) is 0.837. The van der Waals surface area contributed by atoms with Crippen molar-refractivity contribution in [3.8, 4) is 11.8 Å². The molecule has 6 heteroatoms. The molecule has 0 saturated heterocycles. The van der Waals surface area contributed by atoms with Gasteiger partial charge in [0.25, 0.3) is 5.91 Å². The van der Waals surface area contributed by atoms with Crippen molar-refractivity contribution in [2.45, 2.75) is 0 Å². The number of rotatable bonds is 2. The largest absolute Gasteiger partial charge is 0.321 e. The molecule has 0 fully saturated rings. The van der Waals surface area contributed by atoms with E-state index in [-0.39, 0.29) is 17.3 Å². The van der Waals surface area contributed by atoms with Crippen LogP contribution in [0.1, 0.15) is 16.1 Å². The average molecular weight is 304 g/mol. The molecule has 0 aliphatic carbocycles. The highest BCUT2D eigenvalue weighted by Crippen LogP contribution is 2.19. The first kappa shape index (κ1) is 15.0. The maximum Gasteiger partial charge on any atom is 0.274 e. The number of carbonyl (C=O) groups is 1. The minimum Gasteiger partial charge on any atom is -0.321 e. The fourth-order valence-corrected chi connectivity index (χ4v) is 1.64. The summed E-state index contributed by atoms with van der Waals surface area (Å²) in [6.07, 6.45) is 1.47. The van der Waals surface area contributed by atoms with E-state index in [9.17, 15) is 9.18 Å². The zero-order valence-electron chi connectivity index (χ0n) is 10.9. The number of aromatic nitrogens is 1. The molecule has 1 amide bonds. The van der Waals surface area contributed by atoms with Crippen LogP contribution in [0.5, 0.6) is 0 Å². The molecule has 0 radical (unpaired) electrons. The number of nitrogens with two attached hydrogens (primary N) is 1. The molecular formula is C15H11ClFN3O. The van der Waals surface area contributed by atoms with E-state index in [1.54, 1.807) is 6.07 Å². The van der Waals surface area contributed by atoms with Gasteiger partial charge in [-0.05, 0) is 30.3 Å². The first-order valence-corrected chi connectivity index (χ1v) is 6.39. The zero-order chi connectivity index (χ0) is 15.2. The molecule has 21 heavy (non-hydrogen) atoms. The van der Waals surface area contributed by atoms with E-state index in [4.69, 9.17) is 17.3 Å². The molecule has 0 bridgehead atoms. The zero-order valence-corrected chi connectivity index (χ0v) is 11.6. The van der Waals surface area contributed by atoms with E-state index >= 15 is 0 Å². The van der Waals surface area contributed by atoms with Gasteiger partial charge in [0.05, 0.1) is 11.6 Å². The Balaban J connectivity index is 2.11. The number of benzene rings is 1. The molecule has 1 heterocycles. The van der Waals surface area contributed by atoms with E-state index in [0.717, 1.165) is 6.07 Å². The van der Waals surface area contributed by atoms with Crippen molar-refractivity contribution in [1.82, 2.24) is 4.98 Å². The van der Waals surface area contributed by atoms with Crippen LogP contribution in [0.3, 0.4) is 0 Å². The van der Waals surface area contributed by atoms with Crippen LogP contribution in [-0.2, 0) is 0 Å². The van der Waals surface area contributed by atoms with Gasteiger partial charge in [-0.25, -0.2) is 9.37 Å². The van der Waals surface area contributed by atoms with Crippen molar-refractivity contribution in [1.29, 1.82) is 0 Å². The number of nitrogens with zero attached hydrogens (tertiary/aromatic N) is 1. The maximum absolute atomic E-state index is 13.3. The number of carbonyl (C=O) groups excluding carboxylic acids is 1. The topological polar surface area (TPSA) is 68.0 Å². The van der Waals surface area contributed by atoms with Crippen LogP contribution in [0.2, 0.25) is 5.02 Å². The lowest BCUT2D eigenvalue weighted by molar-refractivity contribution is 0.102. The van der Waals surface area contributed by atoms with Gasteiger partial charge in [0.2, 0.25) is 0 Å². The van der Waals surface area contributed by atoms with Crippen molar-refractivity contribution in [2.24, 2.45) is 5.73 Å². The van der Waals surface area contributed by atoms with E-state index in [1.165, 1.54) is 24.4 Å². The third-order valence-electron chi connectivity index (χ3n) is 2.51. The van der Waals surface area contributed by atoms with Gasteiger partial charge in [-0.3, -0.25) is 4.79 Å². The molecule has 4 nitrogen and oxygen atoms in total. The average Bonchev–Trinajstić information content (AvgIpc) is 2.49. The van der Waals surface area contributed by atoms with Crippen LogP contribution in [0.4, 0.5) is 10.1 Å². The fraction of sp³-hybridized carbons (Fsp3) is 0.0667. The van der Waals surface area contributed by atoms with Crippen LogP contribution in [0.15, 0.2) is 36.5 Å². The highest BCUT2D eigenvalue weighted by atomic mass is 35.5. The highest BCUT2D eigenvalue weighted by molar-refractivity contribution is 6.30. The van der Waals surface area contributed by atoms with Gasteiger partial charge in [0, 0.05) is 17.4 Å². The number of nitrogens with one attached hydrogen (secondary N) is 1. The second-order valence-corrected chi connectivity index (χ2v) is 4.43. The summed E-state index contributed by atoms with van der Waals surface area (Å²) in [6, 6.07) is 7.20. The molecule has 2 rings (SSSR count). The molecule has 0 saturated carbocycles. The third-order valence-corrected chi connectivity index (χ3v) is 2.81. The van der Waals surface area contributed by atoms with Crippen LogP contribution in [0.25, 0.3) is 0 Å². The monoisotopic (exact) mass is 303 g/mol. The van der Waals surface area contributed by atoms with Gasteiger partial charge in [-0.15, -0.1) is 0 Å². The summed E-state index contributed by atoms with van der Waals surface area (Å²) in [7, 11) is 0. The molecule has 0 aliphatic heterocycles. The Morgan fingerprint density at radius 1 is 1.38 bits per heavy atom. The van der Waals surface area contributed by atoms with Crippen LogP contribution in [0, 0.1) is 17.7 Å². The molecule has 0 aliphatic rings. The number of amides is 1. The Morgan fingerprint density at radius 2 is 2.19 bits per heavy atom. The highest BCUT2D eigenvalue weighted by Gasteiger charge is 2.09. The summed E-state index contributed by atoms with van der Waals surface area (Å²) in [4.78, 5) is 15.9. The van der Waals surface area contributed by atoms with Crippen molar-refractivity contribution in [3.63, 3.8) is 0 Å². The van der Waals surface area contributed by atoms with Gasteiger partial charge >= 0.3 is 0 Å².